The van der Waals surface area contributed by atoms with E-state index in [0.717, 1.165) is 18.6 Å². The number of fused-ring (bicyclic) bond motifs is 1. The van der Waals surface area contributed by atoms with Crippen molar-refractivity contribution in [3.8, 4) is 5.75 Å². The quantitative estimate of drug-likeness (QED) is 0.780. The number of ether oxygens (including phenoxy) is 1. The molecule has 0 heterocycles. The second kappa shape index (κ2) is 8.39. The van der Waals surface area contributed by atoms with Gasteiger partial charge in [-0.1, -0.05) is 44.2 Å². The molecule has 3 nitrogen and oxygen atoms in total. The highest BCUT2D eigenvalue weighted by molar-refractivity contribution is 5.81. The SMILES string of the molecule is CCc1ccc(O[C@@H](CC)C(=O)N[C@H](C)c2ccc3c(c2)CCC3)cc1. The van der Waals surface area contributed by atoms with E-state index in [4.69, 9.17) is 4.74 Å². The van der Waals surface area contributed by atoms with E-state index in [1.54, 1.807) is 0 Å². The van der Waals surface area contributed by atoms with Crippen LogP contribution in [0.4, 0.5) is 0 Å². The first-order valence-corrected chi connectivity index (χ1v) is 9.78. The van der Waals surface area contributed by atoms with Crippen molar-refractivity contribution in [2.75, 3.05) is 0 Å². The van der Waals surface area contributed by atoms with Crippen molar-refractivity contribution < 1.29 is 9.53 Å². The maximum atomic E-state index is 12.7. The number of aryl methyl sites for hydroxylation is 3. The molecule has 0 fully saturated rings. The van der Waals surface area contributed by atoms with Crippen molar-refractivity contribution in [3.05, 3.63) is 64.7 Å². The van der Waals surface area contributed by atoms with Crippen LogP contribution in [-0.4, -0.2) is 12.0 Å². The second-order valence-electron chi connectivity index (χ2n) is 7.12. The van der Waals surface area contributed by atoms with Gasteiger partial charge in [0.15, 0.2) is 6.10 Å². The minimum atomic E-state index is -0.473. The molecule has 1 aliphatic rings. The number of nitrogens with one attached hydrogen (secondary N) is 1. The Morgan fingerprint density at radius 2 is 1.81 bits per heavy atom. The van der Waals surface area contributed by atoms with E-state index in [1.807, 2.05) is 38.1 Å². The van der Waals surface area contributed by atoms with Gasteiger partial charge in [0, 0.05) is 0 Å². The van der Waals surface area contributed by atoms with E-state index in [9.17, 15) is 4.79 Å². The van der Waals surface area contributed by atoms with Crippen LogP contribution >= 0.6 is 0 Å². The molecular formula is C23H29NO2. The Kier molecular flexibility index (Phi) is 5.97. The van der Waals surface area contributed by atoms with E-state index in [0.29, 0.717) is 6.42 Å². The van der Waals surface area contributed by atoms with Gasteiger partial charge in [0.05, 0.1) is 6.04 Å². The van der Waals surface area contributed by atoms with Gasteiger partial charge >= 0.3 is 0 Å². The summed E-state index contributed by atoms with van der Waals surface area (Å²) in [5.41, 5.74) is 5.32. The maximum Gasteiger partial charge on any atom is 0.261 e. The summed E-state index contributed by atoms with van der Waals surface area (Å²) in [5.74, 6) is 0.689. The maximum absolute atomic E-state index is 12.7. The minimum Gasteiger partial charge on any atom is -0.481 e. The molecule has 1 amide bonds. The van der Waals surface area contributed by atoms with Gasteiger partial charge in [-0.25, -0.2) is 0 Å². The molecule has 2 aromatic rings. The Labute approximate surface area is 156 Å². The van der Waals surface area contributed by atoms with Crippen LogP contribution in [0.5, 0.6) is 5.75 Å². The van der Waals surface area contributed by atoms with Crippen LogP contribution in [0.2, 0.25) is 0 Å². The summed E-state index contributed by atoms with van der Waals surface area (Å²) < 4.78 is 5.92. The average molecular weight is 351 g/mol. The van der Waals surface area contributed by atoms with Crippen molar-refractivity contribution in [1.82, 2.24) is 5.32 Å². The fraction of sp³-hybridized carbons (Fsp3) is 0.435. The van der Waals surface area contributed by atoms with Crippen LogP contribution in [0.15, 0.2) is 42.5 Å². The van der Waals surface area contributed by atoms with E-state index in [-0.39, 0.29) is 11.9 Å². The van der Waals surface area contributed by atoms with Crippen LogP contribution in [0.3, 0.4) is 0 Å². The standard InChI is InChI=1S/C23H29NO2/c1-4-17-9-13-21(14-10-17)26-22(5-2)23(25)24-16(3)19-12-11-18-7-6-8-20(18)15-19/h9-16,22H,4-8H2,1-3H3,(H,24,25)/t16-,22+/m1/s1. The highest BCUT2D eigenvalue weighted by Crippen LogP contribution is 2.25. The molecule has 0 saturated carbocycles. The first-order chi connectivity index (χ1) is 12.6. The summed E-state index contributed by atoms with van der Waals surface area (Å²) in [6, 6.07) is 14.6. The number of rotatable bonds is 7. The molecule has 2 aromatic carbocycles. The zero-order valence-corrected chi connectivity index (χ0v) is 16.0. The van der Waals surface area contributed by atoms with Gasteiger partial charge in [-0.2, -0.15) is 0 Å². The molecule has 0 aromatic heterocycles. The van der Waals surface area contributed by atoms with Gasteiger partial charge < -0.3 is 10.1 Å². The zero-order valence-electron chi connectivity index (χ0n) is 16.0. The Bertz CT molecular complexity index is 751. The highest BCUT2D eigenvalue weighted by atomic mass is 16.5. The highest BCUT2D eigenvalue weighted by Gasteiger charge is 2.21. The van der Waals surface area contributed by atoms with Gasteiger partial charge in [0.25, 0.3) is 5.91 Å². The Morgan fingerprint density at radius 1 is 1.08 bits per heavy atom. The largest absolute Gasteiger partial charge is 0.481 e. The molecule has 0 spiro atoms. The molecule has 0 saturated heterocycles. The number of hydrogen-bond donors (Lipinski definition) is 1. The first-order valence-electron chi connectivity index (χ1n) is 9.78. The monoisotopic (exact) mass is 351 g/mol. The lowest BCUT2D eigenvalue weighted by atomic mass is 10.0. The number of carbonyl (C=O) groups is 1. The van der Waals surface area contributed by atoms with Crippen LogP contribution in [0.25, 0.3) is 0 Å². The first kappa shape index (κ1) is 18.5. The topological polar surface area (TPSA) is 38.3 Å². The Hall–Kier alpha value is -2.29. The van der Waals surface area contributed by atoms with E-state index in [2.05, 4.69) is 30.4 Å². The fourth-order valence-electron chi connectivity index (χ4n) is 3.54. The molecule has 0 bridgehead atoms. The number of benzene rings is 2. The molecule has 3 heteroatoms. The van der Waals surface area contributed by atoms with E-state index >= 15 is 0 Å². The van der Waals surface area contributed by atoms with E-state index < -0.39 is 6.10 Å². The molecule has 0 radical (unpaired) electrons. The summed E-state index contributed by atoms with van der Waals surface area (Å²) in [6.45, 7) is 6.14. The number of amides is 1. The molecule has 26 heavy (non-hydrogen) atoms. The number of carbonyl (C=O) groups excluding carboxylic acids is 1. The molecule has 0 aliphatic heterocycles. The molecule has 1 N–H and O–H groups in total. The smallest absolute Gasteiger partial charge is 0.261 e. The van der Waals surface area contributed by atoms with E-state index in [1.165, 1.54) is 35.1 Å². The number of hydrogen-bond acceptors (Lipinski definition) is 2. The summed E-state index contributed by atoms with van der Waals surface area (Å²) in [4.78, 5) is 12.7. The second-order valence-corrected chi connectivity index (χ2v) is 7.12. The molecule has 0 unspecified atom stereocenters. The Morgan fingerprint density at radius 3 is 2.50 bits per heavy atom. The van der Waals surface area contributed by atoms with Gasteiger partial charge in [0.1, 0.15) is 5.75 Å². The van der Waals surface area contributed by atoms with Gasteiger partial charge in [-0.15, -0.1) is 0 Å². The molecular weight excluding hydrogens is 322 g/mol. The third-order valence-electron chi connectivity index (χ3n) is 5.25. The summed E-state index contributed by atoms with van der Waals surface area (Å²) in [6.07, 6.45) is 4.73. The molecule has 3 rings (SSSR count). The minimum absolute atomic E-state index is 0.0199. The molecule has 2 atom stereocenters. The van der Waals surface area contributed by atoms with Gasteiger partial charge in [0.2, 0.25) is 0 Å². The van der Waals surface area contributed by atoms with Crippen molar-refractivity contribution in [3.63, 3.8) is 0 Å². The van der Waals surface area contributed by atoms with Crippen molar-refractivity contribution in [1.29, 1.82) is 0 Å². The summed E-state index contributed by atoms with van der Waals surface area (Å²) >= 11 is 0. The predicted molar refractivity (Wildman–Crippen MR) is 106 cm³/mol. The zero-order chi connectivity index (χ0) is 18.5. The molecule has 1 aliphatic carbocycles. The third kappa shape index (κ3) is 4.27. The lowest BCUT2D eigenvalue weighted by Crippen LogP contribution is -2.39. The van der Waals surface area contributed by atoms with Crippen LogP contribution in [0.1, 0.15) is 61.9 Å². The van der Waals surface area contributed by atoms with Gasteiger partial charge in [-0.3, -0.25) is 4.79 Å². The third-order valence-corrected chi connectivity index (χ3v) is 5.25. The Balaban J connectivity index is 1.62. The average Bonchev–Trinajstić information content (AvgIpc) is 3.14. The fourth-order valence-corrected chi connectivity index (χ4v) is 3.54. The van der Waals surface area contributed by atoms with Crippen molar-refractivity contribution in [2.45, 2.75) is 65.0 Å². The lowest BCUT2D eigenvalue weighted by molar-refractivity contribution is -0.128. The van der Waals surface area contributed by atoms with Crippen LogP contribution in [0, 0.1) is 0 Å². The van der Waals surface area contributed by atoms with Crippen molar-refractivity contribution in [2.24, 2.45) is 0 Å². The summed E-state index contributed by atoms with van der Waals surface area (Å²) in [7, 11) is 0. The molecule has 138 valence electrons. The van der Waals surface area contributed by atoms with Crippen LogP contribution < -0.4 is 10.1 Å². The predicted octanol–water partition coefficient (Wildman–Crippen LogP) is 4.77. The normalized spacial score (nSPS) is 15.2. The van der Waals surface area contributed by atoms with Crippen LogP contribution in [-0.2, 0) is 24.1 Å². The summed E-state index contributed by atoms with van der Waals surface area (Å²) in [5, 5.41) is 3.12. The van der Waals surface area contributed by atoms with Gasteiger partial charge in [-0.05, 0) is 73.4 Å². The van der Waals surface area contributed by atoms with Crippen molar-refractivity contribution >= 4 is 5.91 Å². The lowest BCUT2D eigenvalue weighted by Gasteiger charge is -2.21.